The Labute approximate surface area is 173 Å². The van der Waals surface area contributed by atoms with E-state index in [0.29, 0.717) is 0 Å². The summed E-state index contributed by atoms with van der Waals surface area (Å²) in [5.74, 6) is 3.89. The lowest BCUT2D eigenvalue weighted by Crippen LogP contribution is -2.18. The van der Waals surface area contributed by atoms with Gasteiger partial charge in [-0.2, -0.15) is 0 Å². The number of benzene rings is 1. The van der Waals surface area contributed by atoms with E-state index in [1.54, 1.807) is 12.1 Å². The Bertz CT molecular complexity index is 518. The highest BCUT2D eigenvalue weighted by Crippen LogP contribution is 2.38. The SMILES string of the molecule is CCCCCC1CCC(CCC2CCC(CCc3ccc(F)cc3)CC2)CC1. The lowest BCUT2D eigenvalue weighted by Gasteiger charge is -2.32. The van der Waals surface area contributed by atoms with Crippen molar-refractivity contribution in [1.82, 2.24) is 0 Å². The molecule has 1 heteroatoms. The maximum Gasteiger partial charge on any atom is 0.123 e. The van der Waals surface area contributed by atoms with Crippen LogP contribution in [0.5, 0.6) is 0 Å². The summed E-state index contributed by atoms with van der Waals surface area (Å²) >= 11 is 0. The van der Waals surface area contributed by atoms with Crippen LogP contribution >= 0.6 is 0 Å². The first-order valence-corrected chi connectivity index (χ1v) is 12.5. The van der Waals surface area contributed by atoms with Crippen molar-refractivity contribution in [3.63, 3.8) is 0 Å². The molecule has 0 N–H and O–H groups in total. The number of halogens is 1. The molecule has 0 aromatic heterocycles. The molecule has 0 atom stereocenters. The van der Waals surface area contributed by atoms with Crippen molar-refractivity contribution < 1.29 is 4.39 Å². The second kappa shape index (κ2) is 12.0. The van der Waals surface area contributed by atoms with E-state index in [-0.39, 0.29) is 5.82 Å². The van der Waals surface area contributed by atoms with Crippen molar-refractivity contribution in [2.75, 3.05) is 0 Å². The Morgan fingerprint density at radius 3 is 1.61 bits per heavy atom. The van der Waals surface area contributed by atoms with Crippen molar-refractivity contribution in [3.8, 4) is 0 Å². The molecule has 0 aliphatic heterocycles. The lowest BCUT2D eigenvalue weighted by atomic mass is 9.74. The number of rotatable bonds is 10. The normalized spacial score (nSPS) is 28.4. The number of aryl methyl sites for hydroxylation is 1. The predicted octanol–water partition coefficient (Wildman–Crippen LogP) is 8.73. The first-order chi connectivity index (χ1) is 13.7. The smallest absolute Gasteiger partial charge is 0.123 e. The van der Waals surface area contributed by atoms with Crippen LogP contribution in [0.15, 0.2) is 24.3 Å². The Balaban J connectivity index is 1.24. The quantitative estimate of drug-likeness (QED) is 0.353. The summed E-state index contributed by atoms with van der Waals surface area (Å²) in [5.41, 5.74) is 1.30. The summed E-state index contributed by atoms with van der Waals surface area (Å²) in [7, 11) is 0. The van der Waals surface area contributed by atoms with Crippen molar-refractivity contribution >= 4 is 0 Å². The summed E-state index contributed by atoms with van der Waals surface area (Å²) in [4.78, 5) is 0. The van der Waals surface area contributed by atoms with Gasteiger partial charge in [0.15, 0.2) is 0 Å². The third kappa shape index (κ3) is 7.53. The molecular weight excluding hydrogens is 343 g/mol. The van der Waals surface area contributed by atoms with Gasteiger partial charge in [0.05, 0.1) is 0 Å². The topological polar surface area (TPSA) is 0 Å². The molecule has 2 fully saturated rings. The second-order valence-electron chi connectivity index (χ2n) is 10.0. The molecule has 2 aliphatic carbocycles. The van der Waals surface area contributed by atoms with Gasteiger partial charge in [-0.15, -0.1) is 0 Å². The zero-order valence-corrected chi connectivity index (χ0v) is 18.3. The molecule has 1 aromatic carbocycles. The molecule has 3 rings (SSSR count). The molecule has 0 heterocycles. The van der Waals surface area contributed by atoms with Gasteiger partial charge in [-0.3, -0.25) is 0 Å². The molecule has 0 radical (unpaired) electrons. The highest BCUT2D eigenvalue weighted by atomic mass is 19.1. The predicted molar refractivity (Wildman–Crippen MR) is 119 cm³/mol. The fourth-order valence-corrected chi connectivity index (χ4v) is 5.79. The highest BCUT2D eigenvalue weighted by molar-refractivity contribution is 5.16. The first-order valence-electron chi connectivity index (χ1n) is 12.5. The summed E-state index contributed by atoms with van der Waals surface area (Å²) < 4.78 is 13.0. The van der Waals surface area contributed by atoms with Gasteiger partial charge in [0, 0.05) is 0 Å². The number of hydrogen-bond donors (Lipinski definition) is 0. The molecule has 1 aromatic rings. The Kier molecular flexibility index (Phi) is 9.35. The minimum absolute atomic E-state index is 0.116. The van der Waals surface area contributed by atoms with E-state index < -0.39 is 0 Å². The van der Waals surface area contributed by atoms with E-state index in [0.717, 1.165) is 30.1 Å². The molecule has 0 bridgehead atoms. The minimum Gasteiger partial charge on any atom is -0.207 e. The maximum absolute atomic E-state index is 13.0. The van der Waals surface area contributed by atoms with Gasteiger partial charge in [0.2, 0.25) is 0 Å². The average molecular weight is 387 g/mol. The van der Waals surface area contributed by atoms with Gasteiger partial charge in [-0.25, -0.2) is 4.39 Å². The van der Waals surface area contributed by atoms with Gasteiger partial charge in [0.25, 0.3) is 0 Å². The van der Waals surface area contributed by atoms with E-state index in [2.05, 4.69) is 6.92 Å². The monoisotopic (exact) mass is 386 g/mol. The molecule has 28 heavy (non-hydrogen) atoms. The molecule has 2 saturated carbocycles. The third-order valence-corrected chi connectivity index (χ3v) is 7.89. The van der Waals surface area contributed by atoms with E-state index in [1.807, 2.05) is 12.1 Å². The van der Waals surface area contributed by atoms with Crippen LogP contribution in [0.2, 0.25) is 0 Å². The van der Waals surface area contributed by atoms with Crippen LogP contribution in [-0.4, -0.2) is 0 Å². The van der Waals surface area contributed by atoms with Crippen LogP contribution in [-0.2, 0) is 6.42 Å². The standard InChI is InChI=1S/C27H43F/c1-2-3-4-5-22-6-8-23(9-7-22)10-11-24-12-14-25(15-13-24)16-17-26-18-20-27(28)21-19-26/h18-25H,2-17H2,1H3. The first kappa shape index (κ1) is 21.8. The fourth-order valence-electron chi connectivity index (χ4n) is 5.79. The molecule has 0 unspecified atom stereocenters. The molecular formula is C27H43F. The van der Waals surface area contributed by atoms with Gasteiger partial charge in [-0.05, 0) is 54.2 Å². The van der Waals surface area contributed by atoms with Crippen molar-refractivity contribution in [2.24, 2.45) is 23.7 Å². The van der Waals surface area contributed by atoms with E-state index in [9.17, 15) is 4.39 Å². The summed E-state index contributed by atoms with van der Waals surface area (Å²) in [6.07, 6.45) is 23.0. The van der Waals surface area contributed by atoms with E-state index in [1.165, 1.54) is 102 Å². The minimum atomic E-state index is -0.116. The van der Waals surface area contributed by atoms with Crippen LogP contribution in [0.4, 0.5) is 4.39 Å². The highest BCUT2D eigenvalue weighted by Gasteiger charge is 2.24. The van der Waals surface area contributed by atoms with Crippen molar-refractivity contribution in [1.29, 1.82) is 0 Å². The Morgan fingerprint density at radius 2 is 1.11 bits per heavy atom. The summed E-state index contributed by atoms with van der Waals surface area (Å²) in [6, 6.07) is 7.12. The zero-order chi connectivity index (χ0) is 19.6. The third-order valence-electron chi connectivity index (χ3n) is 7.89. The lowest BCUT2D eigenvalue weighted by molar-refractivity contribution is 0.208. The van der Waals surface area contributed by atoms with Crippen LogP contribution in [0.3, 0.4) is 0 Å². The van der Waals surface area contributed by atoms with Crippen LogP contribution < -0.4 is 0 Å². The molecule has 0 nitrogen and oxygen atoms in total. The molecule has 0 amide bonds. The van der Waals surface area contributed by atoms with Gasteiger partial charge in [0.1, 0.15) is 5.82 Å². The van der Waals surface area contributed by atoms with Crippen LogP contribution in [0, 0.1) is 29.5 Å². The van der Waals surface area contributed by atoms with E-state index in [4.69, 9.17) is 0 Å². The zero-order valence-electron chi connectivity index (χ0n) is 18.3. The van der Waals surface area contributed by atoms with Crippen molar-refractivity contribution in [3.05, 3.63) is 35.6 Å². The van der Waals surface area contributed by atoms with Crippen LogP contribution in [0.1, 0.15) is 109 Å². The van der Waals surface area contributed by atoms with Gasteiger partial charge in [-0.1, -0.05) is 109 Å². The maximum atomic E-state index is 13.0. The van der Waals surface area contributed by atoms with E-state index >= 15 is 0 Å². The number of unbranched alkanes of at least 4 members (excludes halogenated alkanes) is 2. The molecule has 0 saturated heterocycles. The largest absolute Gasteiger partial charge is 0.207 e. The second-order valence-corrected chi connectivity index (χ2v) is 10.0. The number of hydrogen-bond acceptors (Lipinski definition) is 0. The molecule has 2 aliphatic rings. The summed E-state index contributed by atoms with van der Waals surface area (Å²) in [5, 5.41) is 0. The van der Waals surface area contributed by atoms with Gasteiger partial charge < -0.3 is 0 Å². The fraction of sp³-hybridized carbons (Fsp3) is 0.778. The Hall–Kier alpha value is -0.850. The Morgan fingerprint density at radius 1 is 0.643 bits per heavy atom. The van der Waals surface area contributed by atoms with Crippen LogP contribution in [0.25, 0.3) is 0 Å². The molecule has 158 valence electrons. The average Bonchev–Trinajstić information content (AvgIpc) is 2.74. The van der Waals surface area contributed by atoms with Gasteiger partial charge >= 0.3 is 0 Å². The summed E-state index contributed by atoms with van der Waals surface area (Å²) in [6.45, 7) is 2.32. The molecule has 0 spiro atoms. The van der Waals surface area contributed by atoms with Crippen molar-refractivity contribution in [2.45, 2.75) is 110 Å².